The molecule has 1 aromatic carbocycles. The third kappa shape index (κ3) is 3.00. The first kappa shape index (κ1) is 14.9. The van der Waals surface area contributed by atoms with Gasteiger partial charge in [0.2, 0.25) is 5.78 Å². The molecule has 0 radical (unpaired) electrons. The molecule has 0 aliphatic carbocycles. The second-order valence-corrected chi connectivity index (χ2v) is 4.32. The quantitative estimate of drug-likeness (QED) is 0.649. The van der Waals surface area contributed by atoms with Crippen molar-refractivity contribution in [1.29, 1.82) is 0 Å². The molecular weight excluding hydrogens is 274 g/mol. The Balaban J connectivity index is 2.41. The van der Waals surface area contributed by atoms with Gasteiger partial charge in [-0.15, -0.1) is 0 Å². The average Bonchev–Trinajstić information content (AvgIpc) is 2.96. The molecule has 0 aliphatic heterocycles. The SMILES string of the molecule is COCc1ccc(C(=O)c2cc(OC)cc(OC)c2N)o1. The van der Waals surface area contributed by atoms with Crippen molar-refractivity contribution in [2.45, 2.75) is 6.61 Å². The Morgan fingerprint density at radius 1 is 1.19 bits per heavy atom. The van der Waals surface area contributed by atoms with Crippen LogP contribution in [0, 0.1) is 0 Å². The molecular formula is C15H17NO5. The molecule has 0 fully saturated rings. The number of carbonyl (C=O) groups is 1. The summed E-state index contributed by atoms with van der Waals surface area (Å²) >= 11 is 0. The summed E-state index contributed by atoms with van der Waals surface area (Å²) in [7, 11) is 4.53. The van der Waals surface area contributed by atoms with Gasteiger partial charge in [0.15, 0.2) is 5.76 Å². The highest BCUT2D eigenvalue weighted by Gasteiger charge is 2.20. The Kier molecular flexibility index (Phi) is 4.49. The van der Waals surface area contributed by atoms with E-state index in [0.717, 1.165) is 0 Å². The fraction of sp³-hybridized carbons (Fsp3) is 0.267. The molecule has 0 saturated carbocycles. The van der Waals surface area contributed by atoms with Gasteiger partial charge in [0.05, 0.1) is 25.5 Å². The van der Waals surface area contributed by atoms with E-state index >= 15 is 0 Å². The van der Waals surface area contributed by atoms with E-state index in [1.807, 2.05) is 0 Å². The number of ether oxygens (including phenoxy) is 3. The van der Waals surface area contributed by atoms with Gasteiger partial charge in [-0.3, -0.25) is 4.79 Å². The van der Waals surface area contributed by atoms with Gasteiger partial charge in [0, 0.05) is 13.2 Å². The molecule has 0 amide bonds. The van der Waals surface area contributed by atoms with Crippen molar-refractivity contribution in [3.05, 3.63) is 41.3 Å². The van der Waals surface area contributed by atoms with E-state index in [4.69, 9.17) is 24.4 Å². The van der Waals surface area contributed by atoms with E-state index in [2.05, 4.69) is 0 Å². The van der Waals surface area contributed by atoms with E-state index in [1.54, 1.807) is 31.4 Å². The standard InChI is InChI=1S/C15H17NO5/c1-18-8-9-4-5-12(21-9)15(17)11-6-10(19-2)7-13(20-3)14(11)16/h4-7H,8,16H2,1-3H3. The predicted octanol–water partition coefficient (Wildman–Crippen LogP) is 2.26. The van der Waals surface area contributed by atoms with Gasteiger partial charge < -0.3 is 24.4 Å². The number of ketones is 1. The predicted molar refractivity (Wildman–Crippen MR) is 76.8 cm³/mol. The summed E-state index contributed by atoms with van der Waals surface area (Å²) in [5, 5.41) is 0. The Morgan fingerprint density at radius 3 is 2.57 bits per heavy atom. The molecule has 1 heterocycles. The minimum atomic E-state index is -0.341. The van der Waals surface area contributed by atoms with Crippen LogP contribution in [0.5, 0.6) is 11.5 Å². The number of carbonyl (C=O) groups excluding carboxylic acids is 1. The summed E-state index contributed by atoms with van der Waals surface area (Å²) in [5.74, 6) is 1.26. The van der Waals surface area contributed by atoms with Crippen molar-refractivity contribution < 1.29 is 23.4 Å². The number of hydrogen-bond donors (Lipinski definition) is 1. The Labute approximate surface area is 122 Å². The smallest absolute Gasteiger partial charge is 0.230 e. The van der Waals surface area contributed by atoms with E-state index in [9.17, 15) is 4.79 Å². The van der Waals surface area contributed by atoms with Crippen LogP contribution in [-0.4, -0.2) is 27.1 Å². The molecule has 2 aromatic rings. The molecule has 6 nitrogen and oxygen atoms in total. The lowest BCUT2D eigenvalue weighted by atomic mass is 10.1. The van der Waals surface area contributed by atoms with E-state index in [0.29, 0.717) is 23.9 Å². The van der Waals surface area contributed by atoms with Crippen LogP contribution in [0.15, 0.2) is 28.7 Å². The molecule has 112 valence electrons. The lowest BCUT2D eigenvalue weighted by Gasteiger charge is -2.11. The second kappa shape index (κ2) is 6.32. The minimum absolute atomic E-state index is 0.184. The Bertz CT molecular complexity index is 648. The first-order valence-corrected chi connectivity index (χ1v) is 6.24. The van der Waals surface area contributed by atoms with Crippen LogP contribution in [0.3, 0.4) is 0 Å². The van der Waals surface area contributed by atoms with Crippen molar-refractivity contribution in [3.8, 4) is 11.5 Å². The summed E-state index contributed by atoms with van der Waals surface area (Å²) in [6, 6.07) is 6.44. The monoisotopic (exact) mass is 291 g/mol. The molecule has 6 heteroatoms. The number of nitrogens with two attached hydrogens (primary N) is 1. The van der Waals surface area contributed by atoms with Gasteiger partial charge in [-0.05, 0) is 18.2 Å². The molecule has 1 aromatic heterocycles. The molecule has 0 bridgehead atoms. The highest BCUT2D eigenvalue weighted by atomic mass is 16.5. The number of furan rings is 1. The van der Waals surface area contributed by atoms with E-state index < -0.39 is 0 Å². The summed E-state index contributed by atoms with van der Waals surface area (Å²) < 4.78 is 20.7. The number of nitrogen functional groups attached to an aromatic ring is 1. The number of hydrogen-bond acceptors (Lipinski definition) is 6. The third-order valence-electron chi connectivity index (χ3n) is 2.99. The second-order valence-electron chi connectivity index (χ2n) is 4.32. The normalized spacial score (nSPS) is 10.4. The molecule has 0 saturated heterocycles. The topological polar surface area (TPSA) is 83.9 Å². The zero-order valence-corrected chi connectivity index (χ0v) is 12.1. The van der Waals surface area contributed by atoms with Gasteiger partial charge in [-0.1, -0.05) is 0 Å². The van der Waals surface area contributed by atoms with Crippen molar-refractivity contribution in [2.75, 3.05) is 27.1 Å². The summed E-state index contributed by atoms with van der Waals surface area (Å²) in [6.45, 7) is 0.296. The Morgan fingerprint density at radius 2 is 1.95 bits per heavy atom. The van der Waals surface area contributed by atoms with Crippen LogP contribution in [-0.2, 0) is 11.3 Å². The third-order valence-corrected chi connectivity index (χ3v) is 2.99. The van der Waals surface area contributed by atoms with Crippen molar-refractivity contribution in [2.24, 2.45) is 0 Å². The molecule has 2 rings (SSSR count). The van der Waals surface area contributed by atoms with Crippen LogP contribution in [0.2, 0.25) is 0 Å². The molecule has 21 heavy (non-hydrogen) atoms. The van der Waals surface area contributed by atoms with Crippen LogP contribution in [0.1, 0.15) is 21.9 Å². The average molecular weight is 291 g/mol. The van der Waals surface area contributed by atoms with Gasteiger partial charge in [-0.25, -0.2) is 0 Å². The number of anilines is 1. The maximum atomic E-state index is 12.5. The van der Waals surface area contributed by atoms with Gasteiger partial charge in [-0.2, -0.15) is 0 Å². The lowest BCUT2D eigenvalue weighted by molar-refractivity contribution is 0.1000. The van der Waals surface area contributed by atoms with Crippen molar-refractivity contribution in [3.63, 3.8) is 0 Å². The first-order chi connectivity index (χ1) is 10.1. The molecule has 0 aliphatic rings. The number of benzene rings is 1. The highest BCUT2D eigenvalue weighted by Crippen LogP contribution is 2.32. The molecule has 2 N–H and O–H groups in total. The van der Waals surface area contributed by atoms with E-state index in [-0.39, 0.29) is 22.8 Å². The molecule has 0 spiro atoms. The van der Waals surface area contributed by atoms with Crippen LogP contribution >= 0.6 is 0 Å². The summed E-state index contributed by atoms with van der Waals surface area (Å²) in [6.07, 6.45) is 0. The van der Waals surface area contributed by atoms with E-state index in [1.165, 1.54) is 14.2 Å². The molecule has 0 unspecified atom stereocenters. The summed E-state index contributed by atoms with van der Waals surface area (Å²) in [5.41, 5.74) is 6.47. The number of rotatable bonds is 6. The minimum Gasteiger partial charge on any atom is -0.497 e. The van der Waals surface area contributed by atoms with Crippen LogP contribution in [0.25, 0.3) is 0 Å². The maximum Gasteiger partial charge on any atom is 0.230 e. The summed E-state index contributed by atoms with van der Waals surface area (Å²) in [4.78, 5) is 12.5. The highest BCUT2D eigenvalue weighted by molar-refractivity contribution is 6.11. The maximum absolute atomic E-state index is 12.5. The fourth-order valence-electron chi connectivity index (χ4n) is 1.93. The van der Waals surface area contributed by atoms with Gasteiger partial charge >= 0.3 is 0 Å². The lowest BCUT2D eigenvalue weighted by Crippen LogP contribution is -2.06. The van der Waals surface area contributed by atoms with Crippen LogP contribution < -0.4 is 15.2 Å². The van der Waals surface area contributed by atoms with Crippen molar-refractivity contribution >= 4 is 11.5 Å². The van der Waals surface area contributed by atoms with Crippen LogP contribution in [0.4, 0.5) is 5.69 Å². The van der Waals surface area contributed by atoms with Crippen molar-refractivity contribution in [1.82, 2.24) is 0 Å². The van der Waals surface area contributed by atoms with Gasteiger partial charge in [0.1, 0.15) is 23.9 Å². The first-order valence-electron chi connectivity index (χ1n) is 6.24. The zero-order chi connectivity index (χ0) is 15.4. The molecule has 0 atom stereocenters. The van der Waals surface area contributed by atoms with Gasteiger partial charge in [0.25, 0.3) is 0 Å². The number of methoxy groups -OCH3 is 3. The Hall–Kier alpha value is -2.47. The zero-order valence-electron chi connectivity index (χ0n) is 12.1. The largest absolute Gasteiger partial charge is 0.497 e. The fourth-order valence-corrected chi connectivity index (χ4v) is 1.93.